The van der Waals surface area contributed by atoms with Crippen LogP contribution in [0, 0.1) is 0 Å². The predicted octanol–water partition coefficient (Wildman–Crippen LogP) is 2.46. The second kappa shape index (κ2) is 5.54. The Hall–Kier alpha value is -1.66. The van der Waals surface area contributed by atoms with Gasteiger partial charge < -0.3 is 9.73 Å². The fourth-order valence-electron chi connectivity index (χ4n) is 2.21. The van der Waals surface area contributed by atoms with E-state index >= 15 is 0 Å². The maximum absolute atomic E-state index is 11.8. The van der Waals surface area contributed by atoms with Gasteiger partial charge in [-0.25, -0.2) is 4.98 Å². The molecular weight excluding hydrogens is 262 g/mol. The molecule has 2 N–H and O–H groups in total. The third-order valence-corrected chi connectivity index (χ3v) is 4.31. The van der Waals surface area contributed by atoms with Crippen molar-refractivity contribution in [1.82, 2.24) is 10.3 Å². The van der Waals surface area contributed by atoms with E-state index in [2.05, 4.69) is 15.6 Å². The fourth-order valence-corrected chi connectivity index (χ4v) is 3.19. The number of nitrogens with zero attached hydrogens (tertiary/aromatic N) is 1. The first kappa shape index (κ1) is 12.4. The number of aromatic nitrogens is 1. The van der Waals surface area contributed by atoms with Crippen molar-refractivity contribution in [3.8, 4) is 0 Å². The topological polar surface area (TPSA) is 67.2 Å². The summed E-state index contributed by atoms with van der Waals surface area (Å²) in [5.74, 6) is 0.614. The van der Waals surface area contributed by atoms with Crippen molar-refractivity contribution in [3.63, 3.8) is 0 Å². The summed E-state index contributed by atoms with van der Waals surface area (Å²) in [4.78, 5) is 17.3. The van der Waals surface area contributed by atoms with Crippen LogP contribution in [0.25, 0.3) is 0 Å². The van der Waals surface area contributed by atoms with Crippen LogP contribution in [0.3, 0.4) is 0 Å². The highest BCUT2D eigenvalue weighted by Gasteiger charge is 2.18. The van der Waals surface area contributed by atoms with Gasteiger partial charge in [0.1, 0.15) is 0 Å². The van der Waals surface area contributed by atoms with Crippen molar-refractivity contribution < 1.29 is 9.21 Å². The molecule has 100 valence electrons. The Kier molecular flexibility index (Phi) is 3.61. The van der Waals surface area contributed by atoms with Crippen molar-refractivity contribution in [3.05, 3.63) is 35.2 Å². The lowest BCUT2D eigenvalue weighted by atomic mass is 9.97. The largest absolute Gasteiger partial charge is 0.459 e. The Morgan fingerprint density at radius 1 is 1.47 bits per heavy atom. The van der Waals surface area contributed by atoms with E-state index in [9.17, 15) is 4.79 Å². The molecule has 1 fully saturated rings. The number of thiazole rings is 1. The number of furan rings is 1. The molecule has 0 spiro atoms. The molecule has 0 aromatic carbocycles. The van der Waals surface area contributed by atoms with Crippen molar-refractivity contribution in [2.45, 2.75) is 18.8 Å². The van der Waals surface area contributed by atoms with E-state index in [-0.39, 0.29) is 5.91 Å². The smallest absolute Gasteiger partial charge is 0.293 e. The van der Waals surface area contributed by atoms with E-state index in [1.807, 2.05) is 6.20 Å². The minimum absolute atomic E-state index is 0.254. The quantitative estimate of drug-likeness (QED) is 0.904. The molecule has 2 aromatic heterocycles. The number of hydrogen-bond donors (Lipinski definition) is 2. The van der Waals surface area contributed by atoms with Gasteiger partial charge in [-0.2, -0.15) is 0 Å². The Labute approximate surface area is 115 Å². The van der Waals surface area contributed by atoms with Gasteiger partial charge in [0.25, 0.3) is 5.91 Å². The molecule has 0 unspecified atom stereocenters. The zero-order chi connectivity index (χ0) is 13.1. The lowest BCUT2D eigenvalue weighted by Gasteiger charge is -2.20. The lowest BCUT2D eigenvalue weighted by molar-refractivity contribution is 0.0996. The zero-order valence-corrected chi connectivity index (χ0v) is 11.2. The first-order valence-corrected chi connectivity index (χ1v) is 7.16. The second-order valence-corrected chi connectivity index (χ2v) is 5.59. The van der Waals surface area contributed by atoms with E-state index in [1.165, 1.54) is 11.1 Å². The number of hydrogen-bond acceptors (Lipinski definition) is 5. The number of amides is 1. The molecule has 0 bridgehead atoms. The molecule has 0 aliphatic carbocycles. The molecule has 0 atom stereocenters. The van der Waals surface area contributed by atoms with Crippen LogP contribution in [0.1, 0.15) is 34.2 Å². The van der Waals surface area contributed by atoms with Crippen molar-refractivity contribution in [2.24, 2.45) is 0 Å². The summed E-state index contributed by atoms with van der Waals surface area (Å²) in [5.41, 5.74) is 0. The third-order valence-electron chi connectivity index (χ3n) is 3.23. The predicted molar refractivity (Wildman–Crippen MR) is 73.6 cm³/mol. The van der Waals surface area contributed by atoms with Crippen LogP contribution >= 0.6 is 11.3 Å². The molecule has 19 heavy (non-hydrogen) atoms. The van der Waals surface area contributed by atoms with Gasteiger partial charge in [-0.1, -0.05) is 0 Å². The highest BCUT2D eigenvalue weighted by molar-refractivity contribution is 7.15. The number of nitrogens with one attached hydrogen (secondary N) is 2. The molecule has 2 aromatic rings. The van der Waals surface area contributed by atoms with Crippen molar-refractivity contribution in [1.29, 1.82) is 0 Å². The van der Waals surface area contributed by atoms with E-state index in [0.29, 0.717) is 16.8 Å². The molecule has 1 aliphatic rings. The summed E-state index contributed by atoms with van der Waals surface area (Å²) >= 11 is 1.55. The molecule has 0 saturated carbocycles. The summed E-state index contributed by atoms with van der Waals surface area (Å²) in [6, 6.07) is 3.33. The summed E-state index contributed by atoms with van der Waals surface area (Å²) < 4.78 is 5.05. The van der Waals surface area contributed by atoms with Gasteiger partial charge in [0.15, 0.2) is 10.9 Å². The first-order chi connectivity index (χ1) is 9.33. The van der Waals surface area contributed by atoms with Crippen LogP contribution in [-0.4, -0.2) is 24.0 Å². The van der Waals surface area contributed by atoms with Gasteiger partial charge in [-0.05, 0) is 44.0 Å². The standard InChI is InChI=1S/C13H15N3O2S/c17-12(10-2-1-7-18-10)16-13-15-8-11(19-13)9-3-5-14-6-4-9/h1-2,7-9,14H,3-6H2,(H,15,16,17). The zero-order valence-electron chi connectivity index (χ0n) is 10.4. The number of carbonyl (C=O) groups excluding carboxylic acids is 1. The monoisotopic (exact) mass is 277 g/mol. The van der Waals surface area contributed by atoms with Crippen LogP contribution in [0.4, 0.5) is 5.13 Å². The highest BCUT2D eigenvalue weighted by atomic mass is 32.1. The Balaban J connectivity index is 1.66. The number of rotatable bonds is 3. The number of piperidine rings is 1. The van der Waals surface area contributed by atoms with Crippen LogP contribution in [0.5, 0.6) is 0 Å². The van der Waals surface area contributed by atoms with E-state index in [0.717, 1.165) is 25.9 Å². The normalized spacial score (nSPS) is 16.4. The van der Waals surface area contributed by atoms with Gasteiger partial charge in [-0.15, -0.1) is 11.3 Å². The van der Waals surface area contributed by atoms with Crippen molar-refractivity contribution >= 4 is 22.4 Å². The molecule has 1 saturated heterocycles. The van der Waals surface area contributed by atoms with E-state index in [1.54, 1.807) is 23.5 Å². The summed E-state index contributed by atoms with van der Waals surface area (Å²) in [7, 11) is 0. The van der Waals surface area contributed by atoms with Crippen LogP contribution in [-0.2, 0) is 0 Å². The van der Waals surface area contributed by atoms with E-state index < -0.39 is 0 Å². The molecule has 1 amide bonds. The Morgan fingerprint density at radius 3 is 3.05 bits per heavy atom. The average Bonchev–Trinajstić information content (AvgIpc) is 3.11. The maximum atomic E-state index is 11.8. The van der Waals surface area contributed by atoms with Crippen LogP contribution in [0.15, 0.2) is 29.0 Å². The van der Waals surface area contributed by atoms with Crippen LogP contribution < -0.4 is 10.6 Å². The van der Waals surface area contributed by atoms with Gasteiger partial charge in [0.2, 0.25) is 0 Å². The average molecular weight is 277 g/mol. The highest BCUT2D eigenvalue weighted by Crippen LogP contribution is 2.31. The summed E-state index contributed by atoms with van der Waals surface area (Å²) in [5, 5.41) is 6.74. The van der Waals surface area contributed by atoms with Gasteiger partial charge >= 0.3 is 0 Å². The maximum Gasteiger partial charge on any atom is 0.293 e. The molecule has 1 aliphatic heterocycles. The van der Waals surface area contributed by atoms with Gasteiger partial charge in [0, 0.05) is 11.1 Å². The SMILES string of the molecule is O=C(Nc1ncc(C2CCNCC2)s1)c1ccco1. The Bertz CT molecular complexity index is 544. The molecule has 3 heterocycles. The fraction of sp³-hybridized carbons (Fsp3) is 0.385. The summed E-state index contributed by atoms with van der Waals surface area (Å²) in [6.45, 7) is 2.10. The molecule has 3 rings (SSSR count). The van der Waals surface area contributed by atoms with Gasteiger partial charge in [-0.3, -0.25) is 10.1 Å². The minimum atomic E-state index is -0.254. The van der Waals surface area contributed by atoms with E-state index in [4.69, 9.17) is 4.42 Å². The van der Waals surface area contributed by atoms with Gasteiger partial charge in [0.05, 0.1) is 6.26 Å². The lowest BCUT2D eigenvalue weighted by Crippen LogP contribution is -2.26. The van der Waals surface area contributed by atoms with Crippen LogP contribution in [0.2, 0.25) is 0 Å². The first-order valence-electron chi connectivity index (χ1n) is 6.34. The number of carbonyl (C=O) groups is 1. The summed E-state index contributed by atoms with van der Waals surface area (Å²) in [6.07, 6.45) is 5.62. The molecule has 0 radical (unpaired) electrons. The number of anilines is 1. The minimum Gasteiger partial charge on any atom is -0.459 e. The molecule has 5 nitrogen and oxygen atoms in total. The third kappa shape index (κ3) is 2.85. The van der Waals surface area contributed by atoms with Crippen molar-refractivity contribution in [2.75, 3.05) is 18.4 Å². The Morgan fingerprint density at radius 2 is 2.32 bits per heavy atom. The molecular formula is C13H15N3O2S. The molecule has 6 heteroatoms. The second-order valence-electron chi connectivity index (χ2n) is 4.52.